The van der Waals surface area contributed by atoms with Crippen LogP contribution < -0.4 is 16.0 Å². The van der Waals surface area contributed by atoms with Crippen LogP contribution in [0.5, 0.6) is 0 Å². The standard InChI is InChI=1S/C14H23N3O/c1-4-16-9-12-6-7-13(11(3)8-12)17(5-2)10-14(15)18/h6-8,16H,4-5,9-10H2,1-3H3,(H2,15,18). The first-order valence-electron chi connectivity index (χ1n) is 6.42. The second kappa shape index (κ2) is 7.01. The van der Waals surface area contributed by atoms with E-state index in [0.717, 1.165) is 25.3 Å². The van der Waals surface area contributed by atoms with Gasteiger partial charge in [-0.15, -0.1) is 0 Å². The highest BCUT2D eigenvalue weighted by molar-refractivity contribution is 5.79. The van der Waals surface area contributed by atoms with Crippen LogP contribution >= 0.6 is 0 Å². The molecule has 0 saturated heterocycles. The lowest BCUT2D eigenvalue weighted by molar-refractivity contribution is -0.116. The van der Waals surface area contributed by atoms with Gasteiger partial charge in [0.05, 0.1) is 6.54 Å². The van der Waals surface area contributed by atoms with E-state index in [1.54, 1.807) is 0 Å². The molecule has 1 aromatic carbocycles. The number of anilines is 1. The summed E-state index contributed by atoms with van der Waals surface area (Å²) in [6, 6.07) is 6.31. The van der Waals surface area contributed by atoms with Crippen molar-refractivity contribution in [2.45, 2.75) is 27.3 Å². The molecule has 0 aliphatic carbocycles. The minimum absolute atomic E-state index is 0.268. The molecule has 3 N–H and O–H groups in total. The fraction of sp³-hybridized carbons (Fsp3) is 0.500. The van der Waals surface area contributed by atoms with Crippen molar-refractivity contribution in [2.24, 2.45) is 5.73 Å². The molecule has 1 rings (SSSR count). The van der Waals surface area contributed by atoms with Crippen molar-refractivity contribution >= 4 is 11.6 Å². The van der Waals surface area contributed by atoms with E-state index in [4.69, 9.17) is 5.73 Å². The number of likely N-dealkylation sites (N-methyl/N-ethyl adjacent to an activating group) is 1. The van der Waals surface area contributed by atoms with Gasteiger partial charge < -0.3 is 16.0 Å². The van der Waals surface area contributed by atoms with Crippen LogP contribution in [0.4, 0.5) is 5.69 Å². The molecule has 0 heterocycles. The van der Waals surface area contributed by atoms with Crippen molar-refractivity contribution in [3.8, 4) is 0 Å². The molecular formula is C14H23N3O. The van der Waals surface area contributed by atoms with Crippen LogP contribution in [-0.4, -0.2) is 25.5 Å². The SMILES string of the molecule is CCNCc1ccc(N(CC)CC(N)=O)c(C)c1. The Morgan fingerprint density at radius 3 is 2.61 bits per heavy atom. The first kappa shape index (κ1) is 14.5. The van der Waals surface area contributed by atoms with E-state index in [2.05, 4.69) is 37.4 Å². The third kappa shape index (κ3) is 4.04. The Balaban J connectivity index is 2.85. The zero-order valence-electron chi connectivity index (χ0n) is 11.5. The first-order valence-corrected chi connectivity index (χ1v) is 6.42. The largest absolute Gasteiger partial charge is 0.368 e. The normalized spacial score (nSPS) is 10.4. The van der Waals surface area contributed by atoms with Crippen LogP contribution in [0.15, 0.2) is 18.2 Å². The minimum atomic E-state index is -0.298. The summed E-state index contributed by atoms with van der Waals surface area (Å²) < 4.78 is 0. The number of aryl methyl sites for hydroxylation is 1. The molecule has 0 fully saturated rings. The number of rotatable bonds is 7. The maximum Gasteiger partial charge on any atom is 0.236 e. The summed E-state index contributed by atoms with van der Waals surface area (Å²) in [5.74, 6) is -0.298. The van der Waals surface area contributed by atoms with Crippen LogP contribution in [0.3, 0.4) is 0 Å². The van der Waals surface area contributed by atoms with Crippen molar-refractivity contribution in [3.05, 3.63) is 29.3 Å². The van der Waals surface area contributed by atoms with Gasteiger partial charge in [-0.25, -0.2) is 0 Å². The maximum absolute atomic E-state index is 11.0. The number of amides is 1. The number of primary amides is 1. The average molecular weight is 249 g/mol. The van der Waals surface area contributed by atoms with E-state index in [-0.39, 0.29) is 12.5 Å². The summed E-state index contributed by atoms with van der Waals surface area (Å²) in [6.07, 6.45) is 0. The van der Waals surface area contributed by atoms with Gasteiger partial charge in [-0.1, -0.05) is 19.1 Å². The van der Waals surface area contributed by atoms with Crippen molar-refractivity contribution in [1.29, 1.82) is 0 Å². The molecule has 100 valence electrons. The Bertz CT molecular complexity index is 404. The number of hydrogen-bond donors (Lipinski definition) is 2. The highest BCUT2D eigenvalue weighted by Crippen LogP contribution is 2.21. The second-order valence-corrected chi connectivity index (χ2v) is 4.38. The van der Waals surface area contributed by atoms with Crippen LogP contribution in [-0.2, 0) is 11.3 Å². The lowest BCUT2D eigenvalue weighted by Gasteiger charge is -2.23. The quantitative estimate of drug-likeness (QED) is 0.768. The molecule has 0 radical (unpaired) electrons. The third-order valence-electron chi connectivity index (χ3n) is 2.91. The number of benzene rings is 1. The predicted octanol–water partition coefficient (Wildman–Crippen LogP) is 1.42. The van der Waals surface area contributed by atoms with Gasteiger partial charge >= 0.3 is 0 Å². The Kier molecular flexibility index (Phi) is 5.65. The fourth-order valence-electron chi connectivity index (χ4n) is 2.01. The summed E-state index contributed by atoms with van der Waals surface area (Å²) in [6.45, 7) is 9.06. The summed E-state index contributed by atoms with van der Waals surface area (Å²) in [5, 5.41) is 3.30. The lowest BCUT2D eigenvalue weighted by atomic mass is 10.1. The second-order valence-electron chi connectivity index (χ2n) is 4.38. The Morgan fingerprint density at radius 1 is 1.39 bits per heavy atom. The molecule has 1 amide bonds. The predicted molar refractivity (Wildman–Crippen MR) is 75.6 cm³/mol. The van der Waals surface area contributed by atoms with Crippen LogP contribution in [0.25, 0.3) is 0 Å². The topological polar surface area (TPSA) is 58.4 Å². The number of carbonyl (C=O) groups excluding carboxylic acids is 1. The van der Waals surface area contributed by atoms with Gasteiger partial charge in [0, 0.05) is 18.8 Å². The smallest absolute Gasteiger partial charge is 0.236 e. The monoisotopic (exact) mass is 249 g/mol. The summed E-state index contributed by atoms with van der Waals surface area (Å²) >= 11 is 0. The van der Waals surface area contributed by atoms with Gasteiger partial charge in [0.25, 0.3) is 0 Å². The molecule has 0 bridgehead atoms. The van der Waals surface area contributed by atoms with E-state index in [1.807, 2.05) is 11.8 Å². The zero-order valence-corrected chi connectivity index (χ0v) is 11.5. The molecule has 0 unspecified atom stereocenters. The molecular weight excluding hydrogens is 226 g/mol. The summed E-state index contributed by atoms with van der Waals surface area (Å²) in [4.78, 5) is 13.0. The number of carbonyl (C=O) groups is 1. The van der Waals surface area contributed by atoms with Gasteiger partial charge in [0.1, 0.15) is 0 Å². The Hall–Kier alpha value is -1.55. The van der Waals surface area contributed by atoms with Crippen LogP contribution in [0, 0.1) is 6.92 Å². The van der Waals surface area contributed by atoms with E-state index in [0.29, 0.717) is 0 Å². The maximum atomic E-state index is 11.0. The van der Waals surface area contributed by atoms with E-state index >= 15 is 0 Å². The Labute approximate surface area is 109 Å². The average Bonchev–Trinajstić information content (AvgIpc) is 2.33. The number of nitrogens with one attached hydrogen (secondary N) is 1. The first-order chi connectivity index (χ1) is 8.58. The van der Waals surface area contributed by atoms with Crippen LogP contribution in [0.1, 0.15) is 25.0 Å². The lowest BCUT2D eigenvalue weighted by Crippen LogP contribution is -2.34. The van der Waals surface area contributed by atoms with Gasteiger partial charge in [-0.05, 0) is 37.6 Å². The van der Waals surface area contributed by atoms with Gasteiger partial charge in [-0.2, -0.15) is 0 Å². The molecule has 0 aromatic heterocycles. The Morgan fingerprint density at radius 2 is 2.11 bits per heavy atom. The summed E-state index contributed by atoms with van der Waals surface area (Å²) in [7, 11) is 0. The molecule has 4 heteroatoms. The van der Waals surface area contributed by atoms with Crippen molar-refractivity contribution < 1.29 is 4.79 Å². The highest BCUT2D eigenvalue weighted by Gasteiger charge is 2.10. The van der Waals surface area contributed by atoms with E-state index < -0.39 is 0 Å². The molecule has 0 spiro atoms. The zero-order chi connectivity index (χ0) is 13.5. The molecule has 0 saturated carbocycles. The highest BCUT2D eigenvalue weighted by atomic mass is 16.1. The number of hydrogen-bond acceptors (Lipinski definition) is 3. The van der Waals surface area contributed by atoms with Crippen LogP contribution in [0.2, 0.25) is 0 Å². The van der Waals surface area contributed by atoms with E-state index in [1.165, 1.54) is 11.1 Å². The molecule has 0 aliphatic rings. The molecule has 4 nitrogen and oxygen atoms in total. The number of nitrogens with two attached hydrogens (primary N) is 1. The molecule has 1 aromatic rings. The van der Waals surface area contributed by atoms with Gasteiger partial charge in [0.15, 0.2) is 0 Å². The van der Waals surface area contributed by atoms with Gasteiger partial charge in [-0.3, -0.25) is 4.79 Å². The summed E-state index contributed by atoms with van der Waals surface area (Å²) in [5.41, 5.74) is 8.77. The van der Waals surface area contributed by atoms with Crippen molar-refractivity contribution in [1.82, 2.24) is 5.32 Å². The van der Waals surface area contributed by atoms with E-state index in [9.17, 15) is 4.79 Å². The minimum Gasteiger partial charge on any atom is -0.368 e. The molecule has 0 atom stereocenters. The fourth-order valence-corrected chi connectivity index (χ4v) is 2.01. The van der Waals surface area contributed by atoms with Crippen molar-refractivity contribution in [3.63, 3.8) is 0 Å². The number of nitrogens with zero attached hydrogens (tertiary/aromatic N) is 1. The van der Waals surface area contributed by atoms with Crippen molar-refractivity contribution in [2.75, 3.05) is 24.5 Å². The molecule has 0 aliphatic heterocycles. The van der Waals surface area contributed by atoms with Gasteiger partial charge in [0.2, 0.25) is 5.91 Å². The third-order valence-corrected chi connectivity index (χ3v) is 2.91. The molecule has 18 heavy (non-hydrogen) atoms.